The molecule has 1 aromatic rings. The van der Waals surface area contributed by atoms with Crippen LogP contribution in [-0.2, 0) is 12.6 Å². The average molecular weight is 256 g/mol. The highest BCUT2D eigenvalue weighted by Crippen LogP contribution is 2.34. The smallest absolute Gasteiger partial charge is 0.166 e. The van der Waals surface area contributed by atoms with Gasteiger partial charge in [0.1, 0.15) is 0 Å². The van der Waals surface area contributed by atoms with Crippen LogP contribution in [0.5, 0.6) is 0 Å². The molecule has 0 amide bonds. The van der Waals surface area contributed by atoms with Gasteiger partial charge >= 0.3 is 6.18 Å². The number of halogens is 3. The van der Waals surface area contributed by atoms with Gasteiger partial charge in [0.2, 0.25) is 0 Å². The molecular weight excluding hydrogens is 237 g/mol. The SMILES string of the molecule is C=C(C)C(Cc1ccccc1C(F)(F)F)C(C)C. The third kappa shape index (κ3) is 3.62. The summed E-state index contributed by atoms with van der Waals surface area (Å²) >= 11 is 0. The van der Waals surface area contributed by atoms with Crippen LogP contribution in [0.1, 0.15) is 31.9 Å². The summed E-state index contributed by atoms with van der Waals surface area (Å²) in [5.41, 5.74) is 0.755. The van der Waals surface area contributed by atoms with E-state index in [9.17, 15) is 13.2 Å². The van der Waals surface area contributed by atoms with E-state index in [-0.39, 0.29) is 11.8 Å². The highest BCUT2D eigenvalue weighted by molar-refractivity contribution is 5.31. The molecule has 0 aliphatic rings. The van der Waals surface area contributed by atoms with Gasteiger partial charge in [-0.1, -0.05) is 44.2 Å². The molecule has 0 aliphatic heterocycles. The van der Waals surface area contributed by atoms with Gasteiger partial charge in [-0.25, -0.2) is 0 Å². The maximum Gasteiger partial charge on any atom is 0.416 e. The Bertz CT molecular complexity index is 416. The van der Waals surface area contributed by atoms with Gasteiger partial charge in [-0.15, -0.1) is 0 Å². The molecule has 1 atom stereocenters. The normalized spacial score (nSPS) is 13.7. The van der Waals surface area contributed by atoms with Gasteiger partial charge in [-0.3, -0.25) is 0 Å². The molecule has 0 heterocycles. The van der Waals surface area contributed by atoms with Gasteiger partial charge in [0, 0.05) is 0 Å². The third-order valence-electron chi connectivity index (χ3n) is 3.20. The van der Waals surface area contributed by atoms with Gasteiger partial charge in [0.15, 0.2) is 0 Å². The Morgan fingerprint density at radius 1 is 1.22 bits per heavy atom. The zero-order chi connectivity index (χ0) is 13.9. The Morgan fingerprint density at radius 2 is 1.78 bits per heavy atom. The molecule has 1 unspecified atom stereocenters. The van der Waals surface area contributed by atoms with E-state index in [1.54, 1.807) is 12.1 Å². The van der Waals surface area contributed by atoms with Crippen LogP contribution >= 0.6 is 0 Å². The van der Waals surface area contributed by atoms with Crippen molar-refractivity contribution in [1.29, 1.82) is 0 Å². The minimum absolute atomic E-state index is 0.0773. The van der Waals surface area contributed by atoms with E-state index >= 15 is 0 Å². The van der Waals surface area contributed by atoms with Crippen LogP contribution in [-0.4, -0.2) is 0 Å². The first-order valence-electron chi connectivity index (χ1n) is 6.04. The van der Waals surface area contributed by atoms with Crippen LogP contribution < -0.4 is 0 Å². The minimum atomic E-state index is -4.28. The summed E-state index contributed by atoms with van der Waals surface area (Å²) in [4.78, 5) is 0. The molecule has 0 aliphatic carbocycles. The molecule has 0 saturated heterocycles. The summed E-state index contributed by atoms with van der Waals surface area (Å²) in [6, 6.07) is 5.78. The first-order valence-corrected chi connectivity index (χ1v) is 6.04. The third-order valence-corrected chi connectivity index (χ3v) is 3.20. The van der Waals surface area contributed by atoms with Gasteiger partial charge in [0.05, 0.1) is 5.56 Å². The molecule has 0 spiro atoms. The summed E-state index contributed by atoms with van der Waals surface area (Å²) in [5, 5.41) is 0. The number of alkyl halides is 3. The monoisotopic (exact) mass is 256 g/mol. The predicted octanol–water partition coefficient (Wildman–Crippen LogP) is 5.10. The molecule has 0 radical (unpaired) electrons. The number of allylic oxidation sites excluding steroid dienone is 1. The average Bonchev–Trinajstić information content (AvgIpc) is 2.24. The van der Waals surface area contributed by atoms with Crippen LogP contribution in [0.2, 0.25) is 0 Å². The Morgan fingerprint density at radius 3 is 2.22 bits per heavy atom. The van der Waals surface area contributed by atoms with Crippen molar-refractivity contribution >= 4 is 0 Å². The van der Waals surface area contributed by atoms with Crippen molar-refractivity contribution in [2.24, 2.45) is 11.8 Å². The summed E-state index contributed by atoms with van der Waals surface area (Å²) in [5.74, 6) is 0.359. The first-order chi connectivity index (χ1) is 8.23. The Labute approximate surface area is 107 Å². The second-order valence-electron chi connectivity index (χ2n) is 5.06. The highest BCUT2D eigenvalue weighted by Gasteiger charge is 2.33. The molecule has 100 valence electrons. The van der Waals surface area contributed by atoms with E-state index in [0.29, 0.717) is 12.0 Å². The highest BCUT2D eigenvalue weighted by atomic mass is 19.4. The zero-order valence-corrected chi connectivity index (χ0v) is 11.0. The summed E-state index contributed by atoms with van der Waals surface area (Å²) in [6.07, 6.45) is -3.89. The quantitative estimate of drug-likeness (QED) is 0.658. The Hall–Kier alpha value is -1.25. The Kier molecular flexibility index (Phi) is 4.60. The van der Waals surface area contributed by atoms with Gasteiger partial charge in [-0.05, 0) is 36.8 Å². The van der Waals surface area contributed by atoms with Gasteiger partial charge < -0.3 is 0 Å². The molecular formula is C15H19F3. The lowest BCUT2D eigenvalue weighted by Gasteiger charge is -2.23. The molecule has 3 heteroatoms. The van der Waals surface area contributed by atoms with Gasteiger partial charge in [-0.2, -0.15) is 13.2 Å². The fourth-order valence-corrected chi connectivity index (χ4v) is 2.19. The largest absolute Gasteiger partial charge is 0.416 e. The molecule has 1 aromatic carbocycles. The van der Waals surface area contributed by atoms with Crippen molar-refractivity contribution in [3.8, 4) is 0 Å². The molecule has 0 aromatic heterocycles. The van der Waals surface area contributed by atoms with E-state index in [1.165, 1.54) is 6.07 Å². The fourth-order valence-electron chi connectivity index (χ4n) is 2.19. The number of benzene rings is 1. The number of hydrogen-bond acceptors (Lipinski definition) is 0. The summed E-state index contributed by atoms with van der Waals surface area (Å²) in [7, 11) is 0. The lowest BCUT2D eigenvalue weighted by molar-refractivity contribution is -0.138. The van der Waals surface area contributed by atoms with Crippen LogP contribution in [0.4, 0.5) is 13.2 Å². The first kappa shape index (κ1) is 14.8. The molecule has 0 saturated carbocycles. The van der Waals surface area contributed by atoms with Crippen LogP contribution in [0.25, 0.3) is 0 Å². The minimum Gasteiger partial charge on any atom is -0.166 e. The molecule has 0 nitrogen and oxygen atoms in total. The summed E-state index contributed by atoms with van der Waals surface area (Å²) < 4.78 is 38.6. The lowest BCUT2D eigenvalue weighted by Crippen LogP contribution is -2.16. The van der Waals surface area contributed by atoms with Crippen molar-refractivity contribution < 1.29 is 13.2 Å². The van der Waals surface area contributed by atoms with E-state index < -0.39 is 11.7 Å². The zero-order valence-electron chi connectivity index (χ0n) is 11.0. The van der Waals surface area contributed by atoms with Crippen molar-refractivity contribution in [2.75, 3.05) is 0 Å². The van der Waals surface area contributed by atoms with Crippen LogP contribution in [0.15, 0.2) is 36.4 Å². The van der Waals surface area contributed by atoms with E-state index in [2.05, 4.69) is 6.58 Å². The lowest BCUT2D eigenvalue weighted by atomic mass is 9.83. The maximum absolute atomic E-state index is 12.9. The van der Waals surface area contributed by atoms with E-state index in [1.807, 2.05) is 20.8 Å². The van der Waals surface area contributed by atoms with Gasteiger partial charge in [0.25, 0.3) is 0 Å². The predicted molar refractivity (Wildman–Crippen MR) is 68.3 cm³/mol. The topological polar surface area (TPSA) is 0 Å². The molecule has 0 N–H and O–H groups in total. The standard InChI is InChI=1S/C15H19F3/c1-10(2)13(11(3)4)9-12-7-5-6-8-14(12)15(16,17)18/h5-8,11,13H,1,9H2,2-4H3. The summed E-state index contributed by atoms with van der Waals surface area (Å²) in [6.45, 7) is 9.78. The number of hydrogen-bond donors (Lipinski definition) is 0. The molecule has 0 bridgehead atoms. The van der Waals surface area contributed by atoms with Crippen molar-refractivity contribution in [1.82, 2.24) is 0 Å². The maximum atomic E-state index is 12.9. The van der Waals surface area contributed by atoms with Crippen molar-refractivity contribution in [3.05, 3.63) is 47.5 Å². The van der Waals surface area contributed by atoms with Crippen molar-refractivity contribution in [2.45, 2.75) is 33.4 Å². The number of rotatable bonds is 4. The van der Waals surface area contributed by atoms with E-state index in [4.69, 9.17) is 0 Å². The molecule has 18 heavy (non-hydrogen) atoms. The van der Waals surface area contributed by atoms with Crippen LogP contribution in [0, 0.1) is 11.8 Å². The second-order valence-corrected chi connectivity index (χ2v) is 5.06. The molecule has 1 rings (SSSR count). The Balaban J connectivity index is 3.07. The second kappa shape index (κ2) is 5.59. The van der Waals surface area contributed by atoms with Crippen molar-refractivity contribution in [3.63, 3.8) is 0 Å². The van der Waals surface area contributed by atoms with Crippen LogP contribution in [0.3, 0.4) is 0 Å². The molecule has 0 fully saturated rings. The fraction of sp³-hybridized carbons (Fsp3) is 0.467. The van der Waals surface area contributed by atoms with E-state index in [0.717, 1.165) is 11.6 Å².